The van der Waals surface area contributed by atoms with E-state index < -0.39 is 16.4 Å². The summed E-state index contributed by atoms with van der Waals surface area (Å²) in [6, 6.07) is 3.72. The topological polar surface area (TPSA) is 75.4 Å². The average molecular weight is 228 g/mol. The van der Waals surface area contributed by atoms with Gasteiger partial charge in [0.15, 0.2) is 0 Å². The molecule has 16 heavy (non-hydrogen) atoms. The molecule has 0 saturated heterocycles. The van der Waals surface area contributed by atoms with Gasteiger partial charge < -0.3 is 10.4 Å². The zero-order valence-electron chi connectivity index (χ0n) is 8.81. The predicted octanol–water partition coefficient (Wildman–Crippen LogP) is 1.92. The Morgan fingerprint density at radius 3 is 2.88 bits per heavy atom. The van der Waals surface area contributed by atoms with E-state index in [4.69, 9.17) is 5.11 Å². The van der Waals surface area contributed by atoms with Crippen LogP contribution in [0.5, 0.6) is 0 Å². The number of anilines is 1. The van der Waals surface area contributed by atoms with Crippen molar-refractivity contribution >= 4 is 11.4 Å². The lowest BCUT2D eigenvalue weighted by molar-refractivity contribution is -0.386. The van der Waals surface area contributed by atoms with Crippen LogP contribution in [0.3, 0.4) is 0 Å². The highest BCUT2D eigenvalue weighted by molar-refractivity contribution is 5.62. The first kappa shape index (κ1) is 12.4. The third-order valence-electron chi connectivity index (χ3n) is 2.13. The van der Waals surface area contributed by atoms with Gasteiger partial charge in [0, 0.05) is 12.6 Å². The molecular formula is C10H13FN2O3. The molecule has 1 rings (SSSR count). The molecule has 0 aliphatic rings. The van der Waals surface area contributed by atoms with E-state index in [1.54, 1.807) is 6.92 Å². The zero-order valence-corrected chi connectivity index (χ0v) is 8.81. The van der Waals surface area contributed by atoms with Crippen LogP contribution >= 0.6 is 0 Å². The number of benzene rings is 1. The van der Waals surface area contributed by atoms with E-state index in [1.165, 1.54) is 12.1 Å². The molecule has 1 unspecified atom stereocenters. The predicted molar refractivity (Wildman–Crippen MR) is 57.8 cm³/mol. The number of rotatable bonds is 5. The van der Waals surface area contributed by atoms with E-state index >= 15 is 0 Å². The molecule has 0 saturated carbocycles. The Morgan fingerprint density at radius 1 is 1.62 bits per heavy atom. The summed E-state index contributed by atoms with van der Waals surface area (Å²) >= 11 is 0. The maximum absolute atomic E-state index is 13.2. The molecule has 0 aromatic heterocycles. The average Bonchev–Trinajstić information content (AvgIpc) is 2.17. The van der Waals surface area contributed by atoms with Crippen molar-refractivity contribution in [2.75, 3.05) is 11.9 Å². The normalized spacial score (nSPS) is 12.2. The Morgan fingerprint density at radius 2 is 2.31 bits per heavy atom. The second-order valence-electron chi connectivity index (χ2n) is 3.45. The molecule has 0 heterocycles. The van der Waals surface area contributed by atoms with Gasteiger partial charge in [-0.15, -0.1) is 0 Å². The van der Waals surface area contributed by atoms with Gasteiger partial charge in [0.25, 0.3) is 0 Å². The summed E-state index contributed by atoms with van der Waals surface area (Å²) in [6.45, 7) is 1.72. The van der Waals surface area contributed by atoms with Gasteiger partial charge >= 0.3 is 5.69 Å². The van der Waals surface area contributed by atoms with Gasteiger partial charge in [-0.25, -0.2) is 0 Å². The van der Waals surface area contributed by atoms with E-state index in [0.717, 1.165) is 6.07 Å². The summed E-state index contributed by atoms with van der Waals surface area (Å²) in [7, 11) is 0. The molecule has 1 aromatic carbocycles. The van der Waals surface area contributed by atoms with Crippen molar-refractivity contribution in [3.8, 4) is 0 Å². The number of nitrogens with zero attached hydrogens (tertiary/aromatic N) is 1. The van der Waals surface area contributed by atoms with Gasteiger partial charge in [-0.1, -0.05) is 6.07 Å². The molecule has 88 valence electrons. The summed E-state index contributed by atoms with van der Waals surface area (Å²) in [5.41, 5.74) is -0.432. The van der Waals surface area contributed by atoms with Crippen molar-refractivity contribution in [3.63, 3.8) is 0 Å². The van der Waals surface area contributed by atoms with Crippen LogP contribution in [0.15, 0.2) is 18.2 Å². The summed E-state index contributed by atoms with van der Waals surface area (Å²) in [5, 5.41) is 22.1. The molecule has 0 radical (unpaired) electrons. The van der Waals surface area contributed by atoms with Gasteiger partial charge in [0.05, 0.1) is 4.92 Å². The molecule has 0 aliphatic heterocycles. The molecule has 0 aliphatic carbocycles. The Bertz CT molecular complexity index is 384. The number of hydrogen-bond acceptors (Lipinski definition) is 4. The molecule has 0 spiro atoms. The monoisotopic (exact) mass is 228 g/mol. The third-order valence-corrected chi connectivity index (χ3v) is 2.13. The van der Waals surface area contributed by atoms with Crippen LogP contribution in [0, 0.1) is 15.9 Å². The maximum Gasteiger partial charge on any atom is 0.327 e. The minimum absolute atomic E-state index is 0.0305. The molecule has 5 nitrogen and oxygen atoms in total. The largest absolute Gasteiger partial charge is 0.396 e. The molecule has 0 bridgehead atoms. The summed E-state index contributed by atoms with van der Waals surface area (Å²) in [5.74, 6) is -0.869. The molecule has 0 amide bonds. The number of hydrogen-bond donors (Lipinski definition) is 2. The van der Waals surface area contributed by atoms with E-state index in [2.05, 4.69) is 5.32 Å². The second kappa shape index (κ2) is 5.41. The van der Waals surface area contributed by atoms with Gasteiger partial charge in [-0.2, -0.15) is 4.39 Å². The lowest BCUT2D eigenvalue weighted by Gasteiger charge is -2.13. The van der Waals surface area contributed by atoms with Crippen LogP contribution < -0.4 is 5.32 Å². The van der Waals surface area contributed by atoms with Crippen LogP contribution in [0.2, 0.25) is 0 Å². The van der Waals surface area contributed by atoms with Crippen LogP contribution in [0.4, 0.5) is 15.8 Å². The van der Waals surface area contributed by atoms with Gasteiger partial charge in [-0.3, -0.25) is 10.1 Å². The van der Waals surface area contributed by atoms with Gasteiger partial charge in [-0.05, 0) is 25.5 Å². The van der Waals surface area contributed by atoms with Crippen LogP contribution in [0.1, 0.15) is 13.3 Å². The first-order chi connectivity index (χ1) is 7.56. The highest BCUT2D eigenvalue weighted by Gasteiger charge is 2.20. The van der Waals surface area contributed by atoms with Crippen molar-refractivity contribution in [1.82, 2.24) is 0 Å². The first-order valence-corrected chi connectivity index (χ1v) is 4.86. The lowest BCUT2D eigenvalue weighted by atomic mass is 10.2. The fourth-order valence-electron chi connectivity index (χ4n) is 1.35. The molecule has 0 fully saturated rings. The van der Waals surface area contributed by atoms with Gasteiger partial charge in [0.2, 0.25) is 5.82 Å². The number of aliphatic hydroxyl groups is 1. The third kappa shape index (κ3) is 2.90. The fraction of sp³-hybridized carbons (Fsp3) is 0.400. The van der Waals surface area contributed by atoms with Crippen LogP contribution in [-0.4, -0.2) is 22.7 Å². The Hall–Kier alpha value is -1.69. The van der Waals surface area contributed by atoms with E-state index in [-0.39, 0.29) is 18.3 Å². The molecule has 2 N–H and O–H groups in total. The number of para-hydroxylation sites is 1. The molecule has 1 aromatic rings. The number of aliphatic hydroxyl groups excluding tert-OH is 1. The summed E-state index contributed by atoms with van der Waals surface area (Å²) in [4.78, 5) is 9.90. The highest BCUT2D eigenvalue weighted by atomic mass is 19.1. The van der Waals surface area contributed by atoms with Crippen molar-refractivity contribution in [2.45, 2.75) is 19.4 Å². The Labute approximate surface area is 92.1 Å². The van der Waals surface area contributed by atoms with Crippen molar-refractivity contribution < 1.29 is 14.4 Å². The van der Waals surface area contributed by atoms with Crippen LogP contribution in [0.25, 0.3) is 0 Å². The number of nitro groups is 1. The van der Waals surface area contributed by atoms with Gasteiger partial charge in [0.1, 0.15) is 5.69 Å². The number of halogens is 1. The maximum atomic E-state index is 13.2. The molecule has 6 heteroatoms. The van der Waals surface area contributed by atoms with Crippen molar-refractivity contribution in [1.29, 1.82) is 0 Å². The van der Waals surface area contributed by atoms with E-state index in [1.807, 2.05) is 0 Å². The highest BCUT2D eigenvalue weighted by Crippen LogP contribution is 2.27. The number of nitro benzene ring substituents is 1. The Balaban J connectivity index is 2.95. The van der Waals surface area contributed by atoms with E-state index in [0.29, 0.717) is 6.42 Å². The van der Waals surface area contributed by atoms with Crippen molar-refractivity contribution in [3.05, 3.63) is 34.1 Å². The Kier molecular flexibility index (Phi) is 4.19. The zero-order chi connectivity index (χ0) is 12.1. The fourth-order valence-corrected chi connectivity index (χ4v) is 1.35. The first-order valence-electron chi connectivity index (χ1n) is 4.86. The standard InChI is InChI=1S/C10H13FN2O3/c1-7(5-6-14)12-9-4-2-3-8(11)10(9)13(15)16/h2-4,7,12,14H,5-6H2,1H3. The minimum Gasteiger partial charge on any atom is -0.396 e. The SMILES string of the molecule is CC(CCO)Nc1cccc(F)c1[N+](=O)[O-]. The lowest BCUT2D eigenvalue weighted by Crippen LogP contribution is -2.17. The summed E-state index contributed by atoms with van der Waals surface area (Å²) in [6.07, 6.45) is 0.438. The number of nitrogens with one attached hydrogen (secondary N) is 1. The smallest absolute Gasteiger partial charge is 0.327 e. The quantitative estimate of drug-likeness (QED) is 0.596. The van der Waals surface area contributed by atoms with Crippen molar-refractivity contribution in [2.24, 2.45) is 0 Å². The van der Waals surface area contributed by atoms with E-state index in [9.17, 15) is 14.5 Å². The minimum atomic E-state index is -0.869. The van der Waals surface area contributed by atoms with Crippen LogP contribution in [-0.2, 0) is 0 Å². The second-order valence-corrected chi connectivity index (χ2v) is 3.45. The summed E-state index contributed by atoms with van der Waals surface area (Å²) < 4.78 is 13.2. The molecular weight excluding hydrogens is 215 g/mol. The molecule has 1 atom stereocenters.